The van der Waals surface area contributed by atoms with Gasteiger partial charge in [0, 0.05) is 6.54 Å². The molecule has 24 heavy (non-hydrogen) atoms. The lowest BCUT2D eigenvalue weighted by atomic mass is 10.1. The van der Waals surface area contributed by atoms with Crippen LogP contribution in [0.1, 0.15) is 71.8 Å². The van der Waals surface area contributed by atoms with Gasteiger partial charge in [-0.15, -0.1) is 0 Å². The van der Waals surface area contributed by atoms with E-state index in [0.29, 0.717) is 17.4 Å². The second-order valence-corrected chi connectivity index (χ2v) is 6.86. The van der Waals surface area contributed by atoms with Crippen molar-refractivity contribution >= 4 is 11.6 Å². The summed E-state index contributed by atoms with van der Waals surface area (Å²) in [7, 11) is 0. The van der Waals surface area contributed by atoms with Crippen LogP contribution in [0.4, 0.5) is 0 Å². The first kappa shape index (κ1) is 21.1. The van der Waals surface area contributed by atoms with Gasteiger partial charge in [0.25, 0.3) is 0 Å². The lowest BCUT2D eigenvalue weighted by Crippen LogP contribution is -2.15. The molecule has 0 aliphatic rings. The van der Waals surface area contributed by atoms with E-state index in [1.165, 1.54) is 38.5 Å². The van der Waals surface area contributed by atoms with Crippen molar-refractivity contribution in [2.24, 2.45) is 0 Å². The molecule has 0 saturated carbocycles. The fraction of sp³-hybridized carbons (Fsp3) is 0.700. The molecule has 0 atom stereocenters. The van der Waals surface area contributed by atoms with Gasteiger partial charge in [0.2, 0.25) is 0 Å². The average molecular weight is 356 g/mol. The van der Waals surface area contributed by atoms with E-state index in [2.05, 4.69) is 12.2 Å². The molecule has 0 aromatic heterocycles. The third kappa shape index (κ3) is 8.25. The lowest BCUT2D eigenvalue weighted by molar-refractivity contribution is 0.224. The molecular formula is C20H34ClNO2. The van der Waals surface area contributed by atoms with Gasteiger partial charge in [-0.2, -0.15) is 0 Å². The average Bonchev–Trinajstić information content (AvgIpc) is 2.53. The van der Waals surface area contributed by atoms with Crippen LogP contribution in [0.15, 0.2) is 12.1 Å². The number of hydrogen-bond donors (Lipinski definition) is 1. The summed E-state index contributed by atoms with van der Waals surface area (Å²) in [6.45, 7) is 10.6. The maximum atomic E-state index is 6.39. The number of unbranched alkanes of at least 4 members (excludes halogenated alkanes) is 5. The first-order valence-corrected chi connectivity index (χ1v) is 9.78. The summed E-state index contributed by atoms with van der Waals surface area (Å²) in [4.78, 5) is 0. The molecule has 0 aliphatic carbocycles. The van der Waals surface area contributed by atoms with Gasteiger partial charge in [-0.1, -0.05) is 50.6 Å². The van der Waals surface area contributed by atoms with Gasteiger partial charge in [0.05, 0.1) is 17.7 Å². The van der Waals surface area contributed by atoms with Gasteiger partial charge in [-0.3, -0.25) is 0 Å². The van der Waals surface area contributed by atoms with Crippen LogP contribution in [0.5, 0.6) is 11.5 Å². The lowest BCUT2D eigenvalue weighted by Gasteiger charge is -2.17. The number of halogens is 1. The minimum absolute atomic E-state index is 0.0680. The van der Waals surface area contributed by atoms with E-state index in [0.717, 1.165) is 24.4 Å². The highest BCUT2D eigenvalue weighted by Crippen LogP contribution is 2.37. The molecule has 3 nitrogen and oxygen atoms in total. The van der Waals surface area contributed by atoms with Crippen molar-refractivity contribution in [3.05, 3.63) is 22.7 Å². The third-order valence-corrected chi connectivity index (χ3v) is 4.04. The second-order valence-electron chi connectivity index (χ2n) is 6.45. The van der Waals surface area contributed by atoms with Crippen molar-refractivity contribution in [2.75, 3.05) is 13.2 Å². The number of benzene rings is 1. The number of rotatable bonds is 13. The monoisotopic (exact) mass is 355 g/mol. The van der Waals surface area contributed by atoms with E-state index in [1.54, 1.807) is 0 Å². The summed E-state index contributed by atoms with van der Waals surface area (Å²) in [5, 5.41) is 4.11. The molecule has 138 valence electrons. The molecular weight excluding hydrogens is 322 g/mol. The zero-order valence-electron chi connectivity index (χ0n) is 15.8. The number of nitrogens with one attached hydrogen (secondary N) is 1. The summed E-state index contributed by atoms with van der Waals surface area (Å²) in [6, 6.07) is 4.00. The molecule has 0 radical (unpaired) electrons. The highest BCUT2D eigenvalue weighted by atomic mass is 35.5. The van der Waals surface area contributed by atoms with Crippen molar-refractivity contribution in [1.82, 2.24) is 5.32 Å². The standard InChI is InChI=1S/C20H34ClNO2/c1-5-7-8-9-10-11-12-22-15-17-13-18(21)20(24-16(3)4)19(14-17)23-6-2/h13-14,16,22H,5-12,15H2,1-4H3. The SMILES string of the molecule is CCCCCCCCNCc1cc(Cl)c(OC(C)C)c(OCC)c1. The van der Waals surface area contributed by atoms with E-state index >= 15 is 0 Å². The Hall–Kier alpha value is -0.930. The predicted octanol–water partition coefficient (Wildman–Crippen LogP) is 5.98. The predicted molar refractivity (Wildman–Crippen MR) is 103 cm³/mol. The van der Waals surface area contributed by atoms with Crippen LogP contribution in [-0.4, -0.2) is 19.3 Å². The van der Waals surface area contributed by atoms with Gasteiger partial charge >= 0.3 is 0 Å². The maximum absolute atomic E-state index is 6.39. The highest BCUT2D eigenvalue weighted by molar-refractivity contribution is 6.32. The van der Waals surface area contributed by atoms with Gasteiger partial charge in [0.15, 0.2) is 11.5 Å². The Bertz CT molecular complexity index is 463. The van der Waals surface area contributed by atoms with E-state index in [-0.39, 0.29) is 6.10 Å². The first-order valence-electron chi connectivity index (χ1n) is 9.41. The van der Waals surface area contributed by atoms with Crippen LogP contribution in [-0.2, 0) is 6.54 Å². The summed E-state index contributed by atoms with van der Waals surface area (Å²) in [5.74, 6) is 1.38. The van der Waals surface area contributed by atoms with E-state index < -0.39 is 0 Å². The fourth-order valence-corrected chi connectivity index (χ4v) is 2.88. The Kier molecular flexibility index (Phi) is 10.9. The maximum Gasteiger partial charge on any atom is 0.180 e. The number of ether oxygens (including phenoxy) is 2. The van der Waals surface area contributed by atoms with E-state index in [4.69, 9.17) is 21.1 Å². The highest BCUT2D eigenvalue weighted by Gasteiger charge is 2.13. The van der Waals surface area contributed by atoms with Crippen molar-refractivity contribution < 1.29 is 9.47 Å². The fourth-order valence-electron chi connectivity index (χ4n) is 2.60. The topological polar surface area (TPSA) is 30.5 Å². The zero-order chi connectivity index (χ0) is 17.8. The zero-order valence-corrected chi connectivity index (χ0v) is 16.5. The van der Waals surface area contributed by atoms with Gasteiger partial charge in [-0.05, 0) is 51.4 Å². The molecule has 0 heterocycles. The smallest absolute Gasteiger partial charge is 0.180 e. The summed E-state index contributed by atoms with van der Waals surface area (Å²) in [5.41, 5.74) is 1.13. The third-order valence-electron chi connectivity index (χ3n) is 3.76. The van der Waals surface area contributed by atoms with Crippen LogP contribution in [0.2, 0.25) is 5.02 Å². The quantitative estimate of drug-likeness (QED) is 0.442. The van der Waals surface area contributed by atoms with Crippen molar-refractivity contribution in [3.63, 3.8) is 0 Å². The molecule has 1 aromatic carbocycles. The summed E-state index contributed by atoms with van der Waals surface area (Å²) in [6.07, 6.45) is 7.97. The molecule has 1 aromatic rings. The molecule has 4 heteroatoms. The van der Waals surface area contributed by atoms with Crippen molar-refractivity contribution in [3.8, 4) is 11.5 Å². The van der Waals surface area contributed by atoms with Gasteiger partial charge in [0.1, 0.15) is 0 Å². The minimum Gasteiger partial charge on any atom is -0.490 e. The van der Waals surface area contributed by atoms with Gasteiger partial charge < -0.3 is 14.8 Å². The second kappa shape index (κ2) is 12.4. The van der Waals surface area contributed by atoms with Crippen LogP contribution in [0.25, 0.3) is 0 Å². The summed E-state index contributed by atoms with van der Waals surface area (Å²) < 4.78 is 11.5. The Morgan fingerprint density at radius 1 is 1.04 bits per heavy atom. The molecule has 0 fully saturated rings. The largest absolute Gasteiger partial charge is 0.490 e. The molecule has 0 spiro atoms. The minimum atomic E-state index is 0.0680. The van der Waals surface area contributed by atoms with Crippen molar-refractivity contribution in [2.45, 2.75) is 78.9 Å². The van der Waals surface area contributed by atoms with Crippen LogP contribution < -0.4 is 14.8 Å². The van der Waals surface area contributed by atoms with Crippen LogP contribution in [0, 0.1) is 0 Å². The Morgan fingerprint density at radius 2 is 1.75 bits per heavy atom. The van der Waals surface area contributed by atoms with Crippen molar-refractivity contribution in [1.29, 1.82) is 0 Å². The molecule has 0 amide bonds. The molecule has 0 bridgehead atoms. The van der Waals surface area contributed by atoms with Gasteiger partial charge in [-0.25, -0.2) is 0 Å². The Morgan fingerprint density at radius 3 is 2.42 bits per heavy atom. The number of hydrogen-bond acceptors (Lipinski definition) is 3. The molecule has 1 N–H and O–H groups in total. The van der Waals surface area contributed by atoms with Crippen LogP contribution >= 0.6 is 11.6 Å². The van der Waals surface area contributed by atoms with E-state index in [1.807, 2.05) is 32.9 Å². The Labute approximate surface area is 153 Å². The van der Waals surface area contributed by atoms with Crippen LogP contribution in [0.3, 0.4) is 0 Å². The molecule has 0 aliphatic heterocycles. The summed E-state index contributed by atoms with van der Waals surface area (Å²) >= 11 is 6.39. The molecule has 0 unspecified atom stereocenters. The molecule has 0 saturated heterocycles. The molecule has 1 rings (SSSR count). The first-order chi connectivity index (χ1) is 11.6. The van der Waals surface area contributed by atoms with E-state index in [9.17, 15) is 0 Å². The Balaban J connectivity index is 2.47. The normalized spacial score (nSPS) is 11.1.